The Kier molecular flexibility index (Phi) is 5.33. The fourth-order valence-electron chi connectivity index (χ4n) is 3.41. The number of sulfonamides is 1. The molecule has 2 aromatic heterocycles. The van der Waals surface area contributed by atoms with Crippen LogP contribution in [0.5, 0.6) is 0 Å². The van der Waals surface area contributed by atoms with E-state index < -0.39 is 22.3 Å². The lowest BCUT2D eigenvalue weighted by Crippen LogP contribution is -2.29. The summed E-state index contributed by atoms with van der Waals surface area (Å²) in [6.07, 6.45) is -1.76. The number of hydrogen-bond acceptors (Lipinski definition) is 6. The third kappa shape index (κ3) is 3.88. The van der Waals surface area contributed by atoms with Gasteiger partial charge >= 0.3 is 12.1 Å². The number of fused-ring (bicyclic) bond motifs is 1. The van der Waals surface area contributed by atoms with Crippen molar-refractivity contribution in [1.29, 1.82) is 0 Å². The molecule has 0 aliphatic rings. The number of anilines is 1. The number of aromatic nitrogens is 4. The van der Waals surface area contributed by atoms with Crippen LogP contribution in [-0.2, 0) is 30.7 Å². The van der Waals surface area contributed by atoms with E-state index in [-0.39, 0.29) is 18.1 Å². The second-order valence-corrected chi connectivity index (χ2v) is 9.19. The Hall–Kier alpha value is -3.54. The van der Waals surface area contributed by atoms with E-state index in [4.69, 9.17) is 4.42 Å². The largest absolute Gasteiger partial charge is 0.415 e. The van der Waals surface area contributed by atoms with Crippen molar-refractivity contribution in [1.82, 2.24) is 19.3 Å². The molecule has 12 heteroatoms. The number of benzene rings is 2. The van der Waals surface area contributed by atoms with Crippen molar-refractivity contribution >= 4 is 26.7 Å². The third-order valence-electron chi connectivity index (χ3n) is 5.10. The Balaban J connectivity index is 1.66. The zero-order chi connectivity index (χ0) is 23.2. The molecule has 4 rings (SSSR count). The van der Waals surface area contributed by atoms with Crippen LogP contribution < -0.4 is 9.99 Å². The normalized spacial score (nSPS) is 12.1. The molecule has 4 aromatic rings. The first kappa shape index (κ1) is 21.7. The molecule has 0 radical (unpaired) electrons. The molecule has 0 amide bonds. The molecule has 0 aliphatic carbocycles. The monoisotopic (exact) mass is 463 g/mol. The summed E-state index contributed by atoms with van der Waals surface area (Å²) in [5, 5.41) is 6.89. The van der Waals surface area contributed by atoms with Gasteiger partial charge in [-0.1, -0.05) is 12.1 Å². The van der Waals surface area contributed by atoms with Crippen molar-refractivity contribution in [3.05, 3.63) is 64.4 Å². The number of halogens is 2. The fourth-order valence-corrected chi connectivity index (χ4v) is 4.29. The van der Waals surface area contributed by atoms with E-state index >= 15 is 0 Å². The van der Waals surface area contributed by atoms with E-state index in [1.807, 2.05) is 0 Å². The quantitative estimate of drug-likeness (QED) is 0.436. The van der Waals surface area contributed by atoms with Gasteiger partial charge in [0.25, 0.3) is 5.89 Å². The first-order valence-electron chi connectivity index (χ1n) is 9.40. The standard InChI is InChI=1S/C20H19F2N5O4S/c1-25-15-9-8-14(10-16(15)26(2)20(25)28)27(32(3,29)30)11-12-4-6-13(7-5-12)18-23-24-19(31-18)17(21)22/h4-10,17H,11H2,1-3H3. The maximum absolute atomic E-state index is 12.6. The van der Waals surface area contributed by atoms with Crippen molar-refractivity contribution in [3.63, 3.8) is 0 Å². The van der Waals surface area contributed by atoms with Crippen LogP contribution in [0.25, 0.3) is 22.5 Å². The lowest BCUT2D eigenvalue weighted by atomic mass is 10.1. The van der Waals surface area contributed by atoms with Crippen LogP contribution in [-0.4, -0.2) is 34.0 Å². The van der Waals surface area contributed by atoms with E-state index in [1.165, 1.54) is 13.4 Å². The summed E-state index contributed by atoms with van der Waals surface area (Å²) in [6, 6.07) is 11.5. The predicted octanol–water partition coefficient (Wildman–Crippen LogP) is 2.83. The summed E-state index contributed by atoms with van der Waals surface area (Å²) < 4.78 is 59.4. The number of aryl methyl sites for hydroxylation is 2. The highest BCUT2D eigenvalue weighted by Crippen LogP contribution is 2.27. The Labute approximate surface area is 181 Å². The topological polar surface area (TPSA) is 103 Å². The summed E-state index contributed by atoms with van der Waals surface area (Å²) in [5.74, 6) is -0.819. The average molecular weight is 463 g/mol. The molecule has 2 aromatic carbocycles. The first-order chi connectivity index (χ1) is 15.1. The molecule has 9 nitrogen and oxygen atoms in total. The van der Waals surface area contributed by atoms with Crippen molar-refractivity contribution < 1.29 is 21.6 Å². The summed E-state index contributed by atoms with van der Waals surface area (Å²) in [5.41, 5.74) is 2.56. The molecule has 0 saturated heterocycles. The fraction of sp³-hybridized carbons (Fsp3) is 0.250. The van der Waals surface area contributed by atoms with Crippen molar-refractivity contribution in [2.45, 2.75) is 13.0 Å². The molecule has 32 heavy (non-hydrogen) atoms. The van der Waals surface area contributed by atoms with Crippen molar-refractivity contribution in [2.75, 3.05) is 10.6 Å². The Morgan fingerprint density at radius 3 is 2.28 bits per heavy atom. The number of alkyl halides is 2. The van der Waals surface area contributed by atoms with Gasteiger partial charge in [0.15, 0.2) is 0 Å². The molecule has 0 fully saturated rings. The summed E-state index contributed by atoms with van der Waals surface area (Å²) in [6.45, 7) is 0.0253. The van der Waals surface area contributed by atoms with Crippen molar-refractivity contribution in [3.8, 4) is 11.5 Å². The zero-order valence-electron chi connectivity index (χ0n) is 17.4. The van der Waals surface area contributed by atoms with Crippen LogP contribution in [0, 0.1) is 0 Å². The Morgan fingerprint density at radius 2 is 1.69 bits per heavy atom. The SMILES string of the molecule is Cn1c(=O)n(C)c2cc(N(Cc3ccc(-c4nnc(C(F)F)o4)cc3)S(C)(=O)=O)ccc21. The number of imidazole rings is 1. The predicted molar refractivity (Wildman–Crippen MR) is 114 cm³/mol. The van der Waals surface area contributed by atoms with E-state index in [9.17, 15) is 22.0 Å². The summed E-state index contributed by atoms with van der Waals surface area (Å²) >= 11 is 0. The van der Waals surface area contributed by atoms with Gasteiger partial charge in [-0.25, -0.2) is 13.2 Å². The highest BCUT2D eigenvalue weighted by molar-refractivity contribution is 7.92. The van der Waals surface area contributed by atoms with Gasteiger partial charge in [0.2, 0.25) is 15.9 Å². The molecule has 0 saturated carbocycles. The Bertz CT molecular complexity index is 1460. The van der Waals surface area contributed by atoms with E-state index in [1.54, 1.807) is 56.6 Å². The summed E-state index contributed by atoms with van der Waals surface area (Å²) in [4.78, 5) is 12.2. The molecule has 2 heterocycles. The van der Waals surface area contributed by atoms with Gasteiger partial charge in [-0.15, -0.1) is 10.2 Å². The van der Waals surface area contributed by atoms with Crippen LogP contribution >= 0.6 is 0 Å². The van der Waals surface area contributed by atoms with Crippen LogP contribution in [0.1, 0.15) is 17.9 Å². The second-order valence-electron chi connectivity index (χ2n) is 7.29. The van der Waals surface area contributed by atoms with Crippen LogP contribution in [0.2, 0.25) is 0 Å². The van der Waals surface area contributed by atoms with Gasteiger partial charge in [-0.2, -0.15) is 8.78 Å². The van der Waals surface area contributed by atoms with Crippen LogP contribution in [0.4, 0.5) is 14.5 Å². The Morgan fingerprint density at radius 1 is 1.03 bits per heavy atom. The summed E-state index contributed by atoms with van der Waals surface area (Å²) in [7, 11) is -0.388. The average Bonchev–Trinajstić information content (AvgIpc) is 3.32. The minimum absolute atomic E-state index is 0.0253. The third-order valence-corrected chi connectivity index (χ3v) is 6.24. The van der Waals surface area contributed by atoms with Gasteiger partial charge in [0.05, 0.1) is 29.5 Å². The molecule has 0 N–H and O–H groups in total. The molecule has 0 aliphatic heterocycles. The number of rotatable bonds is 6. The maximum atomic E-state index is 12.6. The van der Waals surface area contributed by atoms with Gasteiger partial charge < -0.3 is 4.42 Å². The van der Waals surface area contributed by atoms with E-state index in [0.29, 0.717) is 27.8 Å². The molecular weight excluding hydrogens is 444 g/mol. The molecular formula is C20H19F2N5O4S. The van der Waals surface area contributed by atoms with E-state index in [2.05, 4.69) is 10.2 Å². The lowest BCUT2D eigenvalue weighted by Gasteiger charge is -2.23. The minimum Gasteiger partial charge on any atom is -0.415 e. The molecule has 0 spiro atoms. The van der Waals surface area contributed by atoms with Crippen LogP contribution in [0.15, 0.2) is 51.7 Å². The van der Waals surface area contributed by atoms with Crippen molar-refractivity contribution in [2.24, 2.45) is 14.1 Å². The smallest absolute Gasteiger partial charge is 0.328 e. The van der Waals surface area contributed by atoms with Gasteiger partial charge in [0.1, 0.15) is 0 Å². The second kappa shape index (κ2) is 7.86. The first-order valence-corrected chi connectivity index (χ1v) is 11.2. The highest BCUT2D eigenvalue weighted by Gasteiger charge is 2.21. The minimum atomic E-state index is -3.65. The van der Waals surface area contributed by atoms with Gasteiger partial charge in [0, 0.05) is 19.7 Å². The molecule has 0 unspecified atom stereocenters. The molecule has 0 atom stereocenters. The van der Waals surface area contributed by atoms with E-state index in [0.717, 1.165) is 6.26 Å². The number of nitrogens with zero attached hydrogens (tertiary/aromatic N) is 5. The molecule has 0 bridgehead atoms. The van der Waals surface area contributed by atoms with Gasteiger partial charge in [-0.05, 0) is 35.9 Å². The molecule has 168 valence electrons. The zero-order valence-corrected chi connectivity index (χ0v) is 18.2. The van der Waals surface area contributed by atoms with Gasteiger partial charge in [-0.3, -0.25) is 13.4 Å². The maximum Gasteiger partial charge on any atom is 0.328 e. The highest BCUT2D eigenvalue weighted by atomic mass is 32.2. The lowest BCUT2D eigenvalue weighted by molar-refractivity contribution is 0.116. The number of hydrogen-bond donors (Lipinski definition) is 0. The van der Waals surface area contributed by atoms with Crippen LogP contribution in [0.3, 0.4) is 0 Å².